The maximum absolute atomic E-state index is 10.0. The fraction of sp³-hybridized carbons (Fsp3) is 0.900. The number of hydrogen-bond donors (Lipinski definition) is 0. The van der Waals surface area contributed by atoms with Gasteiger partial charge in [0.15, 0.2) is 0 Å². The van der Waals surface area contributed by atoms with Crippen LogP contribution >= 0.6 is 0 Å². The van der Waals surface area contributed by atoms with Crippen molar-refractivity contribution in [2.75, 3.05) is 0 Å². The fourth-order valence-corrected chi connectivity index (χ4v) is 4.91. The molecule has 0 aromatic rings. The van der Waals surface area contributed by atoms with Gasteiger partial charge < -0.3 is 39.6 Å². The number of carboxylic acids is 4. The second-order valence-electron chi connectivity index (χ2n) is 13.0. The first-order chi connectivity index (χ1) is 23.1. The largest absolute Gasteiger partial charge is 4.00 e. The molecule has 0 fully saturated rings. The summed E-state index contributed by atoms with van der Waals surface area (Å²) in [5, 5.41) is 40.1. The van der Waals surface area contributed by atoms with Crippen LogP contribution in [-0.4, -0.2) is 23.9 Å². The maximum atomic E-state index is 10.0. The van der Waals surface area contributed by atoms with Crippen molar-refractivity contribution in [3.8, 4) is 0 Å². The van der Waals surface area contributed by atoms with Crippen molar-refractivity contribution >= 4 is 23.9 Å². The number of hydrogen-bond acceptors (Lipinski definition) is 8. The Bertz CT molecular complexity index is 561. The minimum Gasteiger partial charge on any atom is -0.550 e. The Morgan fingerprint density at radius 1 is 0.265 bits per heavy atom. The summed E-state index contributed by atoms with van der Waals surface area (Å²) >= 11 is 0. The number of aliphatic carboxylic acids is 4. The first-order valence-electron chi connectivity index (χ1n) is 19.9. The third-order valence-electron chi connectivity index (χ3n) is 7.94. The number of rotatable bonds is 32. The zero-order valence-corrected chi connectivity index (χ0v) is 35.5. The molecule has 0 saturated carbocycles. The van der Waals surface area contributed by atoms with Gasteiger partial charge in [-0.15, -0.1) is 0 Å². The molecule has 0 aromatic heterocycles. The molecule has 0 N–H and O–H groups in total. The van der Waals surface area contributed by atoms with Crippen molar-refractivity contribution in [2.24, 2.45) is 0 Å². The van der Waals surface area contributed by atoms with Crippen LogP contribution in [0.3, 0.4) is 0 Å². The molecule has 0 amide bonds. The van der Waals surface area contributed by atoms with Gasteiger partial charge in [0.05, 0.1) is 0 Å². The molecule has 0 spiro atoms. The van der Waals surface area contributed by atoms with Crippen LogP contribution in [0.25, 0.3) is 0 Å². The van der Waals surface area contributed by atoms with Gasteiger partial charge >= 0.3 is 41.7 Å². The summed E-state index contributed by atoms with van der Waals surface area (Å²) in [4.78, 5) is 40.1. The van der Waals surface area contributed by atoms with E-state index in [4.69, 9.17) is 0 Å². The fourth-order valence-electron chi connectivity index (χ4n) is 4.91. The third-order valence-corrected chi connectivity index (χ3v) is 7.94. The first-order valence-corrected chi connectivity index (χ1v) is 19.9. The van der Waals surface area contributed by atoms with E-state index in [0.717, 1.165) is 51.4 Å². The zero-order valence-electron chi connectivity index (χ0n) is 32.4. The molecule has 0 atom stereocenters. The van der Waals surface area contributed by atoms with E-state index in [0.29, 0.717) is 0 Å². The quantitative estimate of drug-likeness (QED) is 0.0631. The number of carbonyl (C=O) groups is 4. The minimum absolute atomic E-state index is 0. The Hall–Kier alpha value is -0.743. The van der Waals surface area contributed by atoms with Crippen molar-refractivity contribution in [1.82, 2.24) is 0 Å². The molecule has 0 heterocycles. The summed E-state index contributed by atoms with van der Waals surface area (Å²) in [6.45, 7) is 8.76. The normalized spacial score (nSPS) is 9.88. The summed E-state index contributed by atoms with van der Waals surface area (Å²) in [5.41, 5.74) is 0. The summed E-state index contributed by atoms with van der Waals surface area (Å²) in [6.07, 6.45) is 33.4. The van der Waals surface area contributed by atoms with Crippen molar-refractivity contribution in [3.05, 3.63) is 0 Å². The predicted molar refractivity (Wildman–Crippen MR) is 190 cm³/mol. The molecule has 0 radical (unpaired) electrons. The van der Waals surface area contributed by atoms with E-state index in [-0.39, 0.29) is 67.4 Å². The number of unbranched alkanes of at least 4 members (excludes halogenated alkanes) is 24. The first kappa shape index (κ1) is 57.6. The molecule has 0 rings (SSSR count). The van der Waals surface area contributed by atoms with Crippen LogP contribution in [0.4, 0.5) is 0 Å². The van der Waals surface area contributed by atoms with Crippen LogP contribution in [0.1, 0.15) is 233 Å². The van der Waals surface area contributed by atoms with Crippen LogP contribution in [0, 0.1) is 41.7 Å². The predicted octanol–water partition coefficient (Wildman–Crippen LogP) is 7.51. The van der Waals surface area contributed by atoms with Crippen molar-refractivity contribution in [3.63, 3.8) is 0 Å². The molecule has 288 valence electrons. The van der Waals surface area contributed by atoms with Gasteiger partial charge in [0, 0.05) is 23.9 Å². The maximum Gasteiger partial charge on any atom is 4.00 e. The van der Waals surface area contributed by atoms with Gasteiger partial charge in [-0.05, 0) is 51.4 Å². The third kappa shape index (κ3) is 77.9. The Kier molecular flexibility index (Phi) is 63.5. The van der Waals surface area contributed by atoms with Gasteiger partial charge in [-0.3, -0.25) is 0 Å². The second kappa shape index (κ2) is 54.0. The Balaban J connectivity index is -0.000000174. The minimum atomic E-state index is -0.913. The molecule has 49 heavy (non-hydrogen) atoms. The van der Waals surface area contributed by atoms with Crippen molar-refractivity contribution < 1.29 is 81.4 Å². The van der Waals surface area contributed by atoms with Gasteiger partial charge in [-0.2, -0.15) is 0 Å². The van der Waals surface area contributed by atoms with E-state index >= 15 is 0 Å². The van der Waals surface area contributed by atoms with E-state index in [1.165, 1.54) is 128 Å². The molecule has 0 aliphatic carbocycles. The summed E-state index contributed by atoms with van der Waals surface area (Å²) in [6, 6.07) is 0. The molecule has 0 unspecified atom stereocenters. The number of carboxylic acid groups (broad SMARTS) is 4. The average Bonchev–Trinajstić information content (AvgIpc) is 3.03. The van der Waals surface area contributed by atoms with Gasteiger partial charge in [0.1, 0.15) is 0 Å². The molecule has 0 bridgehead atoms. The van der Waals surface area contributed by atoms with Crippen LogP contribution < -0.4 is 20.4 Å². The van der Waals surface area contributed by atoms with Gasteiger partial charge in [-0.1, -0.05) is 182 Å². The van der Waals surface area contributed by atoms with Crippen molar-refractivity contribution in [1.29, 1.82) is 0 Å². The van der Waals surface area contributed by atoms with E-state index in [2.05, 4.69) is 27.7 Å². The molecule has 0 saturated heterocycles. The standard InChI is InChI=1S/4C10H20O2.Ce/c4*1-2-3-4-5-6-7-8-9-10(11)12;/h4*2-9H2,1H3,(H,11,12);/q;;;;+4/p-4. The van der Waals surface area contributed by atoms with E-state index < -0.39 is 23.9 Å². The second-order valence-corrected chi connectivity index (χ2v) is 13.0. The molecule has 0 aliphatic heterocycles. The molecular weight excluding hydrogens is 749 g/mol. The molecule has 0 aromatic carbocycles. The zero-order chi connectivity index (χ0) is 36.9. The van der Waals surface area contributed by atoms with Gasteiger partial charge in [0.25, 0.3) is 0 Å². The summed E-state index contributed by atoms with van der Waals surface area (Å²) in [5.74, 6) is -3.65. The Morgan fingerprint density at radius 3 is 0.510 bits per heavy atom. The van der Waals surface area contributed by atoms with Gasteiger partial charge in [0.2, 0.25) is 0 Å². The van der Waals surface area contributed by atoms with E-state index in [1.807, 2.05) is 0 Å². The van der Waals surface area contributed by atoms with E-state index in [1.54, 1.807) is 0 Å². The van der Waals surface area contributed by atoms with Crippen LogP contribution in [0.5, 0.6) is 0 Å². The average molecular weight is 825 g/mol. The SMILES string of the molecule is CCCCCCCCCC(=O)[O-].CCCCCCCCCC(=O)[O-].CCCCCCCCCC(=O)[O-].CCCCCCCCCC(=O)[O-].[Ce+4]. The van der Waals surface area contributed by atoms with Crippen LogP contribution in [0.15, 0.2) is 0 Å². The number of carbonyl (C=O) groups excluding carboxylic acids is 4. The molecule has 0 aliphatic rings. The Labute approximate surface area is 336 Å². The topological polar surface area (TPSA) is 161 Å². The molecule has 8 nitrogen and oxygen atoms in total. The Morgan fingerprint density at radius 2 is 0.388 bits per heavy atom. The van der Waals surface area contributed by atoms with Gasteiger partial charge in [-0.25, -0.2) is 0 Å². The van der Waals surface area contributed by atoms with Crippen molar-refractivity contribution in [2.45, 2.75) is 233 Å². The van der Waals surface area contributed by atoms with Crippen LogP contribution in [-0.2, 0) is 19.2 Å². The van der Waals surface area contributed by atoms with E-state index in [9.17, 15) is 39.6 Å². The summed E-state index contributed by atoms with van der Waals surface area (Å²) < 4.78 is 0. The monoisotopic (exact) mass is 824 g/mol. The molecular formula is C40H76CeO8. The van der Waals surface area contributed by atoms with Crippen LogP contribution in [0.2, 0.25) is 0 Å². The molecule has 9 heteroatoms. The summed E-state index contributed by atoms with van der Waals surface area (Å²) in [7, 11) is 0. The smallest absolute Gasteiger partial charge is 0.550 e.